The summed E-state index contributed by atoms with van der Waals surface area (Å²) in [5.74, 6) is 1.30. The number of hydrogen-bond acceptors (Lipinski definition) is 6. The Labute approximate surface area is 191 Å². The van der Waals surface area contributed by atoms with Crippen molar-refractivity contribution in [2.24, 2.45) is 0 Å². The number of anilines is 1. The maximum Gasteiger partial charge on any atom is 0.271 e. The third-order valence-corrected chi connectivity index (χ3v) is 7.76. The van der Waals surface area contributed by atoms with Gasteiger partial charge in [-0.2, -0.15) is 0 Å². The minimum Gasteiger partial charge on any atom is -0.494 e. The zero-order chi connectivity index (χ0) is 22.7. The van der Waals surface area contributed by atoms with Gasteiger partial charge in [0.15, 0.2) is 0 Å². The van der Waals surface area contributed by atoms with E-state index in [-0.39, 0.29) is 22.8 Å². The van der Waals surface area contributed by atoms with Crippen LogP contribution in [0.1, 0.15) is 35.3 Å². The van der Waals surface area contributed by atoms with Crippen molar-refractivity contribution in [2.45, 2.75) is 37.1 Å². The van der Waals surface area contributed by atoms with Crippen LogP contribution in [-0.4, -0.2) is 27.0 Å². The molecule has 1 unspecified atom stereocenters. The van der Waals surface area contributed by atoms with Gasteiger partial charge in [0, 0.05) is 35.3 Å². The normalized spacial score (nSPS) is 15.0. The first-order valence-electron chi connectivity index (χ1n) is 10.3. The molecule has 0 saturated heterocycles. The van der Waals surface area contributed by atoms with Crippen molar-refractivity contribution in [3.63, 3.8) is 0 Å². The van der Waals surface area contributed by atoms with Gasteiger partial charge in [-0.15, -0.1) is 11.3 Å². The third-order valence-electron chi connectivity index (χ3n) is 4.98. The van der Waals surface area contributed by atoms with Gasteiger partial charge in [0.2, 0.25) is 0 Å². The highest BCUT2D eigenvalue weighted by atomic mass is 32.2. The molecule has 1 amide bonds. The number of nitrogens with one attached hydrogen (secondary N) is 2. The summed E-state index contributed by atoms with van der Waals surface area (Å²) in [5, 5.41) is 4.60. The van der Waals surface area contributed by atoms with Crippen LogP contribution >= 0.6 is 11.3 Å². The van der Waals surface area contributed by atoms with Crippen LogP contribution in [-0.2, 0) is 23.0 Å². The fraction of sp³-hybridized carbons (Fsp3) is 0.261. The molecule has 0 saturated carbocycles. The minimum absolute atomic E-state index is 0.125. The predicted octanol–water partition coefficient (Wildman–Crippen LogP) is 4.20. The van der Waals surface area contributed by atoms with Gasteiger partial charge in [-0.25, -0.2) is 8.42 Å². The molecule has 168 valence electrons. The molecule has 2 N–H and O–H groups in total. The summed E-state index contributed by atoms with van der Waals surface area (Å²) in [6.07, 6.45) is 0.963. The first kappa shape index (κ1) is 22.2. The number of carbonyl (C=O) groups excluding carboxylic acids is 1. The zero-order valence-corrected chi connectivity index (χ0v) is 19.4. The van der Waals surface area contributed by atoms with Crippen LogP contribution in [0.25, 0.3) is 0 Å². The van der Waals surface area contributed by atoms with E-state index in [0.717, 1.165) is 40.4 Å². The summed E-state index contributed by atoms with van der Waals surface area (Å²) in [6, 6.07) is 13.4. The molecule has 2 heterocycles. The predicted molar refractivity (Wildman–Crippen MR) is 124 cm³/mol. The highest BCUT2D eigenvalue weighted by Gasteiger charge is 2.22. The average molecular weight is 473 g/mol. The second-order valence-electron chi connectivity index (χ2n) is 7.43. The van der Waals surface area contributed by atoms with E-state index in [1.807, 2.05) is 26.0 Å². The Morgan fingerprint density at radius 1 is 1.22 bits per heavy atom. The first-order valence-corrected chi connectivity index (χ1v) is 12.6. The number of amides is 1. The van der Waals surface area contributed by atoms with Crippen LogP contribution in [0.3, 0.4) is 0 Å². The molecule has 3 aromatic rings. The summed E-state index contributed by atoms with van der Waals surface area (Å²) in [7, 11) is -3.63. The first-order chi connectivity index (χ1) is 15.4. The zero-order valence-electron chi connectivity index (χ0n) is 17.8. The fourth-order valence-corrected chi connectivity index (χ4v) is 5.55. The average Bonchev–Trinajstić information content (AvgIpc) is 3.42. The molecule has 1 aliphatic rings. The van der Waals surface area contributed by atoms with Crippen molar-refractivity contribution >= 4 is 33.0 Å². The number of thiophene rings is 1. The number of carbonyl (C=O) groups is 1. The molecule has 1 aliphatic heterocycles. The molecular formula is C23H24N2O5S2. The van der Waals surface area contributed by atoms with Crippen molar-refractivity contribution in [1.29, 1.82) is 0 Å². The van der Waals surface area contributed by atoms with E-state index >= 15 is 0 Å². The molecule has 0 bridgehead atoms. The van der Waals surface area contributed by atoms with E-state index in [9.17, 15) is 13.2 Å². The molecule has 0 fully saturated rings. The van der Waals surface area contributed by atoms with Crippen LogP contribution < -0.4 is 19.5 Å². The van der Waals surface area contributed by atoms with Crippen LogP contribution in [0, 0.1) is 0 Å². The summed E-state index contributed by atoms with van der Waals surface area (Å²) >= 11 is 1.14. The lowest BCUT2D eigenvalue weighted by Crippen LogP contribution is -2.23. The molecule has 1 aromatic heterocycles. The summed E-state index contributed by atoms with van der Waals surface area (Å²) in [4.78, 5) is 12.6. The van der Waals surface area contributed by atoms with Gasteiger partial charge in [0.25, 0.3) is 15.9 Å². The lowest BCUT2D eigenvalue weighted by molar-refractivity contribution is 0.0950. The molecular weight excluding hydrogens is 448 g/mol. The molecule has 0 aliphatic carbocycles. The molecule has 7 nitrogen and oxygen atoms in total. The number of benzene rings is 2. The Hall–Kier alpha value is -3.04. The number of ether oxygens (including phenoxy) is 2. The van der Waals surface area contributed by atoms with Gasteiger partial charge in [0.05, 0.1) is 6.61 Å². The summed E-state index contributed by atoms with van der Waals surface area (Å²) < 4.78 is 39.0. The maximum absolute atomic E-state index is 12.6. The Bertz CT molecular complexity index is 1210. The Kier molecular flexibility index (Phi) is 6.38. The van der Waals surface area contributed by atoms with Gasteiger partial charge < -0.3 is 14.8 Å². The van der Waals surface area contributed by atoms with Gasteiger partial charge in [0.1, 0.15) is 21.8 Å². The van der Waals surface area contributed by atoms with Crippen LogP contribution in [0.5, 0.6) is 11.5 Å². The van der Waals surface area contributed by atoms with Crippen LogP contribution in [0.2, 0.25) is 0 Å². The Morgan fingerprint density at radius 2 is 2.00 bits per heavy atom. The van der Waals surface area contributed by atoms with Crippen molar-refractivity contribution in [1.82, 2.24) is 5.32 Å². The minimum atomic E-state index is -3.63. The lowest BCUT2D eigenvalue weighted by Gasteiger charge is -2.13. The lowest BCUT2D eigenvalue weighted by atomic mass is 10.1. The highest BCUT2D eigenvalue weighted by molar-refractivity contribution is 7.94. The third kappa shape index (κ3) is 4.89. The highest BCUT2D eigenvalue weighted by Crippen LogP contribution is 2.35. The van der Waals surface area contributed by atoms with E-state index in [1.165, 1.54) is 6.07 Å². The van der Waals surface area contributed by atoms with Crippen molar-refractivity contribution in [2.75, 3.05) is 11.3 Å². The quantitative estimate of drug-likeness (QED) is 0.512. The SMILES string of the molecule is CCOc1cc2c(cc1CNC(=O)c1ccc(NS(=O)(=O)c3cccs3)cc1)OC(C)C2. The Balaban J connectivity index is 1.42. The topological polar surface area (TPSA) is 93.7 Å². The summed E-state index contributed by atoms with van der Waals surface area (Å²) in [5.41, 5.74) is 2.76. The monoisotopic (exact) mass is 472 g/mol. The number of rotatable bonds is 8. The summed E-state index contributed by atoms with van der Waals surface area (Å²) in [6.45, 7) is 4.75. The van der Waals surface area contributed by atoms with E-state index in [1.54, 1.807) is 35.7 Å². The molecule has 9 heteroatoms. The van der Waals surface area contributed by atoms with Crippen molar-refractivity contribution in [3.05, 3.63) is 70.6 Å². The number of sulfonamides is 1. The van der Waals surface area contributed by atoms with Crippen molar-refractivity contribution < 1.29 is 22.7 Å². The molecule has 0 radical (unpaired) electrons. The molecule has 32 heavy (non-hydrogen) atoms. The van der Waals surface area contributed by atoms with Gasteiger partial charge in [-0.05, 0) is 61.7 Å². The smallest absolute Gasteiger partial charge is 0.271 e. The van der Waals surface area contributed by atoms with E-state index in [2.05, 4.69) is 10.0 Å². The van der Waals surface area contributed by atoms with Crippen LogP contribution in [0.15, 0.2) is 58.1 Å². The van der Waals surface area contributed by atoms with Crippen molar-refractivity contribution in [3.8, 4) is 11.5 Å². The second-order valence-corrected chi connectivity index (χ2v) is 10.3. The Morgan fingerprint density at radius 3 is 2.69 bits per heavy atom. The number of hydrogen-bond donors (Lipinski definition) is 2. The largest absolute Gasteiger partial charge is 0.494 e. The van der Waals surface area contributed by atoms with Gasteiger partial charge >= 0.3 is 0 Å². The molecule has 0 spiro atoms. The second kappa shape index (κ2) is 9.22. The molecule has 2 aromatic carbocycles. The van der Waals surface area contributed by atoms with Crippen LogP contribution in [0.4, 0.5) is 5.69 Å². The number of fused-ring (bicyclic) bond motifs is 1. The van der Waals surface area contributed by atoms with Gasteiger partial charge in [-0.1, -0.05) is 6.07 Å². The van der Waals surface area contributed by atoms with E-state index < -0.39 is 10.0 Å². The van der Waals surface area contributed by atoms with E-state index in [0.29, 0.717) is 17.9 Å². The fourth-order valence-electron chi connectivity index (χ4n) is 3.50. The molecule has 4 rings (SSSR count). The maximum atomic E-state index is 12.6. The van der Waals surface area contributed by atoms with E-state index in [4.69, 9.17) is 9.47 Å². The van der Waals surface area contributed by atoms with Gasteiger partial charge in [-0.3, -0.25) is 9.52 Å². The standard InChI is InChI=1S/C23H24N2O5S2/c1-3-29-20-12-17-11-15(2)30-21(17)13-18(20)14-24-23(26)16-6-8-19(9-7-16)25-32(27,28)22-5-4-10-31-22/h4-10,12-13,15,25H,3,11,14H2,1-2H3,(H,24,26). The molecule has 1 atom stereocenters.